The van der Waals surface area contributed by atoms with Crippen LogP contribution in [0.15, 0.2) is 0 Å². The molecule has 1 atom stereocenters. The van der Waals surface area contributed by atoms with Crippen LogP contribution in [0.4, 0.5) is 11.5 Å². The van der Waals surface area contributed by atoms with Gasteiger partial charge in [-0.25, -0.2) is 0 Å². The van der Waals surface area contributed by atoms with Gasteiger partial charge >= 0.3 is 0 Å². The molecule has 0 aliphatic carbocycles. The number of ether oxygens (including phenoxy) is 1. The van der Waals surface area contributed by atoms with Crippen molar-refractivity contribution in [3.63, 3.8) is 0 Å². The lowest BCUT2D eigenvalue weighted by molar-refractivity contribution is -0.124. The number of anilines is 2. The summed E-state index contributed by atoms with van der Waals surface area (Å²) in [4.78, 5) is 13.9. The van der Waals surface area contributed by atoms with Crippen molar-refractivity contribution in [2.45, 2.75) is 19.4 Å². The van der Waals surface area contributed by atoms with E-state index in [2.05, 4.69) is 10.4 Å². The molecular weight excluding hydrogens is 246 g/mol. The van der Waals surface area contributed by atoms with E-state index < -0.39 is 0 Å². The van der Waals surface area contributed by atoms with Gasteiger partial charge in [0.1, 0.15) is 6.04 Å². The quantitative estimate of drug-likeness (QED) is 0.772. The SMILES string of the molecule is CCc1nn(C)c(N2CCOCC2C(=O)NC)c1N. The van der Waals surface area contributed by atoms with Gasteiger partial charge in [-0.3, -0.25) is 9.48 Å². The van der Waals surface area contributed by atoms with E-state index >= 15 is 0 Å². The van der Waals surface area contributed by atoms with E-state index in [4.69, 9.17) is 10.5 Å². The van der Waals surface area contributed by atoms with Crippen molar-refractivity contribution in [1.82, 2.24) is 15.1 Å². The Bertz CT molecular complexity index is 471. The van der Waals surface area contributed by atoms with Gasteiger partial charge < -0.3 is 20.7 Å². The fourth-order valence-corrected chi connectivity index (χ4v) is 2.43. The summed E-state index contributed by atoms with van der Waals surface area (Å²) in [5, 5.41) is 7.06. The summed E-state index contributed by atoms with van der Waals surface area (Å²) in [7, 11) is 3.47. The number of likely N-dealkylation sites (N-methyl/N-ethyl adjacent to an activating group) is 1. The van der Waals surface area contributed by atoms with E-state index in [-0.39, 0.29) is 11.9 Å². The Kier molecular flexibility index (Phi) is 3.94. The Morgan fingerprint density at radius 3 is 2.95 bits per heavy atom. The summed E-state index contributed by atoms with van der Waals surface area (Å²) in [6, 6.07) is -0.360. The molecule has 2 rings (SSSR count). The lowest BCUT2D eigenvalue weighted by Crippen LogP contribution is -2.54. The molecule has 106 valence electrons. The molecule has 0 spiro atoms. The molecule has 19 heavy (non-hydrogen) atoms. The third kappa shape index (κ3) is 2.37. The molecule has 1 aromatic rings. The summed E-state index contributed by atoms with van der Waals surface area (Å²) < 4.78 is 7.14. The van der Waals surface area contributed by atoms with Gasteiger partial charge in [0.15, 0.2) is 5.82 Å². The zero-order chi connectivity index (χ0) is 14.0. The van der Waals surface area contributed by atoms with Crippen molar-refractivity contribution in [2.75, 3.05) is 37.4 Å². The highest BCUT2D eigenvalue weighted by Crippen LogP contribution is 2.29. The van der Waals surface area contributed by atoms with Crippen molar-refractivity contribution < 1.29 is 9.53 Å². The predicted octanol–water partition coefficient (Wildman–Crippen LogP) is -0.484. The van der Waals surface area contributed by atoms with Gasteiger partial charge in [0.2, 0.25) is 5.91 Å². The van der Waals surface area contributed by atoms with Crippen molar-refractivity contribution in [1.29, 1.82) is 0 Å². The van der Waals surface area contributed by atoms with E-state index in [0.29, 0.717) is 25.4 Å². The molecule has 7 nitrogen and oxygen atoms in total. The maximum absolute atomic E-state index is 11.9. The van der Waals surface area contributed by atoms with Crippen LogP contribution in [0.1, 0.15) is 12.6 Å². The van der Waals surface area contributed by atoms with Crippen LogP contribution in [-0.2, 0) is 23.0 Å². The minimum atomic E-state index is -0.360. The molecule has 1 saturated heterocycles. The molecule has 1 unspecified atom stereocenters. The van der Waals surface area contributed by atoms with Crippen LogP contribution in [0.5, 0.6) is 0 Å². The minimum absolute atomic E-state index is 0.0710. The number of nitrogens with zero attached hydrogens (tertiary/aromatic N) is 3. The molecule has 2 heterocycles. The Morgan fingerprint density at radius 1 is 1.63 bits per heavy atom. The van der Waals surface area contributed by atoms with Crippen LogP contribution in [0.3, 0.4) is 0 Å². The third-order valence-electron chi connectivity index (χ3n) is 3.41. The van der Waals surface area contributed by atoms with E-state index in [1.165, 1.54) is 0 Å². The number of aromatic nitrogens is 2. The Morgan fingerprint density at radius 2 is 2.37 bits per heavy atom. The number of rotatable bonds is 3. The monoisotopic (exact) mass is 267 g/mol. The van der Waals surface area contributed by atoms with Crippen molar-refractivity contribution in [2.24, 2.45) is 7.05 Å². The van der Waals surface area contributed by atoms with Crippen LogP contribution in [0.2, 0.25) is 0 Å². The van der Waals surface area contributed by atoms with Crippen molar-refractivity contribution in [3.8, 4) is 0 Å². The summed E-state index contributed by atoms with van der Waals surface area (Å²) in [5.41, 5.74) is 7.67. The zero-order valence-electron chi connectivity index (χ0n) is 11.6. The first kappa shape index (κ1) is 13.7. The Hall–Kier alpha value is -1.76. The zero-order valence-corrected chi connectivity index (χ0v) is 11.6. The van der Waals surface area contributed by atoms with Gasteiger partial charge in [-0.2, -0.15) is 5.10 Å². The summed E-state index contributed by atoms with van der Waals surface area (Å²) in [6.07, 6.45) is 0.772. The highest BCUT2D eigenvalue weighted by atomic mass is 16.5. The van der Waals surface area contributed by atoms with Crippen LogP contribution in [0, 0.1) is 0 Å². The standard InChI is InChI=1S/C12H21N5O2/c1-4-8-10(13)12(16(3)15-8)17-5-6-19-7-9(17)11(18)14-2/h9H,4-7,13H2,1-3H3,(H,14,18). The number of nitrogens with two attached hydrogens (primary N) is 1. The smallest absolute Gasteiger partial charge is 0.244 e. The molecule has 0 saturated carbocycles. The molecule has 1 aliphatic rings. The van der Waals surface area contributed by atoms with Crippen LogP contribution in [-0.4, -0.2) is 48.5 Å². The number of morpholine rings is 1. The van der Waals surface area contributed by atoms with Gasteiger partial charge in [-0.1, -0.05) is 6.92 Å². The summed E-state index contributed by atoms with van der Waals surface area (Å²) in [6.45, 7) is 3.59. The maximum Gasteiger partial charge on any atom is 0.244 e. The molecule has 1 amide bonds. The molecule has 1 aliphatic heterocycles. The molecule has 7 heteroatoms. The van der Waals surface area contributed by atoms with Gasteiger partial charge in [-0.15, -0.1) is 0 Å². The Labute approximate surface area is 112 Å². The highest BCUT2D eigenvalue weighted by Gasteiger charge is 2.32. The number of hydrogen-bond donors (Lipinski definition) is 2. The number of carbonyl (C=O) groups excluding carboxylic acids is 1. The second-order valence-electron chi connectivity index (χ2n) is 4.56. The average molecular weight is 267 g/mol. The maximum atomic E-state index is 11.9. The van der Waals surface area contributed by atoms with E-state index in [1.807, 2.05) is 18.9 Å². The molecule has 3 N–H and O–H groups in total. The molecule has 0 radical (unpaired) electrons. The van der Waals surface area contributed by atoms with Crippen molar-refractivity contribution >= 4 is 17.4 Å². The average Bonchev–Trinajstić information content (AvgIpc) is 2.72. The normalized spacial score (nSPS) is 19.5. The number of aryl methyl sites for hydroxylation is 2. The molecular formula is C12H21N5O2. The van der Waals surface area contributed by atoms with Crippen LogP contribution >= 0.6 is 0 Å². The summed E-state index contributed by atoms with van der Waals surface area (Å²) in [5.74, 6) is 0.729. The minimum Gasteiger partial charge on any atom is -0.394 e. The fourth-order valence-electron chi connectivity index (χ4n) is 2.43. The van der Waals surface area contributed by atoms with E-state index in [0.717, 1.165) is 17.9 Å². The summed E-state index contributed by atoms with van der Waals surface area (Å²) >= 11 is 0. The highest BCUT2D eigenvalue weighted by molar-refractivity contribution is 5.86. The predicted molar refractivity (Wildman–Crippen MR) is 73.0 cm³/mol. The molecule has 0 bridgehead atoms. The van der Waals surface area contributed by atoms with Crippen molar-refractivity contribution in [3.05, 3.63) is 5.69 Å². The number of nitrogens with one attached hydrogen (secondary N) is 1. The first-order valence-electron chi connectivity index (χ1n) is 6.47. The molecule has 1 aromatic heterocycles. The number of hydrogen-bond acceptors (Lipinski definition) is 5. The first-order chi connectivity index (χ1) is 9.10. The number of amides is 1. The molecule has 1 fully saturated rings. The Balaban J connectivity index is 2.37. The van der Waals surface area contributed by atoms with Gasteiger partial charge in [0.05, 0.1) is 24.6 Å². The van der Waals surface area contributed by atoms with Gasteiger partial charge in [0.25, 0.3) is 0 Å². The lowest BCUT2D eigenvalue weighted by Gasteiger charge is -2.35. The van der Waals surface area contributed by atoms with E-state index in [1.54, 1.807) is 11.7 Å². The van der Waals surface area contributed by atoms with E-state index in [9.17, 15) is 4.79 Å². The molecule has 0 aromatic carbocycles. The number of nitrogen functional groups attached to an aromatic ring is 1. The second kappa shape index (κ2) is 5.48. The van der Waals surface area contributed by atoms with Crippen LogP contribution < -0.4 is 16.0 Å². The third-order valence-corrected chi connectivity index (χ3v) is 3.41. The lowest BCUT2D eigenvalue weighted by atomic mass is 10.2. The van der Waals surface area contributed by atoms with Crippen LogP contribution in [0.25, 0.3) is 0 Å². The topological polar surface area (TPSA) is 85.4 Å². The second-order valence-corrected chi connectivity index (χ2v) is 4.56. The fraction of sp³-hybridized carbons (Fsp3) is 0.667. The largest absolute Gasteiger partial charge is 0.394 e. The van der Waals surface area contributed by atoms with Gasteiger partial charge in [0, 0.05) is 20.6 Å². The first-order valence-corrected chi connectivity index (χ1v) is 6.47. The van der Waals surface area contributed by atoms with Gasteiger partial charge in [-0.05, 0) is 6.42 Å². The number of carbonyl (C=O) groups is 1.